The Bertz CT molecular complexity index is 511. The van der Waals surface area contributed by atoms with Gasteiger partial charge in [-0.15, -0.1) is 0 Å². The van der Waals surface area contributed by atoms with Crippen LogP contribution in [0.2, 0.25) is 5.28 Å². The number of anilines is 1. The first-order valence-electron chi connectivity index (χ1n) is 6.81. The second kappa shape index (κ2) is 7.38. The van der Waals surface area contributed by atoms with Crippen LogP contribution < -0.4 is 10.6 Å². The molecule has 1 saturated heterocycles. The van der Waals surface area contributed by atoms with E-state index in [-0.39, 0.29) is 29.7 Å². The van der Waals surface area contributed by atoms with Crippen molar-refractivity contribution >= 4 is 39.3 Å². The molecule has 21 heavy (non-hydrogen) atoms. The minimum atomic E-state index is -0.337. The Kier molecular flexibility index (Phi) is 5.78. The predicted octanol–water partition coefficient (Wildman–Crippen LogP) is 2.14. The topological polar surface area (TPSA) is 81.3 Å². The molecule has 1 fully saturated rings. The summed E-state index contributed by atoms with van der Waals surface area (Å²) in [6, 6.07) is 0.156. The van der Waals surface area contributed by atoms with E-state index in [0.29, 0.717) is 19.0 Å². The molecule has 0 aliphatic carbocycles. The number of amides is 1. The summed E-state index contributed by atoms with van der Waals surface area (Å²) in [4.78, 5) is 21.7. The van der Waals surface area contributed by atoms with E-state index in [0.717, 1.165) is 17.3 Å². The van der Waals surface area contributed by atoms with Gasteiger partial charge in [-0.2, -0.15) is 4.98 Å². The molecule has 1 aliphatic heterocycles. The third-order valence-electron chi connectivity index (χ3n) is 3.50. The van der Waals surface area contributed by atoms with E-state index in [1.54, 1.807) is 6.20 Å². The van der Waals surface area contributed by atoms with Crippen LogP contribution in [0.15, 0.2) is 10.7 Å². The van der Waals surface area contributed by atoms with Crippen molar-refractivity contribution in [3.8, 4) is 0 Å². The van der Waals surface area contributed by atoms with Crippen LogP contribution in [0.25, 0.3) is 0 Å². The quantitative estimate of drug-likeness (QED) is 0.795. The van der Waals surface area contributed by atoms with Gasteiger partial charge in [0.05, 0.1) is 4.47 Å². The first kappa shape index (κ1) is 16.5. The first-order valence-corrected chi connectivity index (χ1v) is 7.98. The third kappa shape index (κ3) is 4.28. The van der Waals surface area contributed by atoms with Gasteiger partial charge in [-0.05, 0) is 47.3 Å². The SMILES string of the molecule is CC(CC(N)=O)N(c1nc(Cl)ncc1Br)C1CCOCC1. The van der Waals surface area contributed by atoms with E-state index in [2.05, 4.69) is 30.8 Å². The minimum Gasteiger partial charge on any atom is -0.381 e. The smallest absolute Gasteiger partial charge is 0.224 e. The molecule has 0 radical (unpaired) electrons. The molecule has 2 N–H and O–H groups in total. The van der Waals surface area contributed by atoms with Crippen molar-refractivity contribution in [2.45, 2.75) is 38.3 Å². The van der Waals surface area contributed by atoms with Gasteiger partial charge in [-0.1, -0.05) is 0 Å². The Morgan fingerprint density at radius 3 is 2.90 bits per heavy atom. The average Bonchev–Trinajstić information content (AvgIpc) is 2.43. The van der Waals surface area contributed by atoms with Gasteiger partial charge in [-0.25, -0.2) is 4.98 Å². The maximum Gasteiger partial charge on any atom is 0.224 e. The molecule has 1 amide bonds. The van der Waals surface area contributed by atoms with Crippen LogP contribution in [-0.4, -0.2) is 41.2 Å². The van der Waals surface area contributed by atoms with E-state index >= 15 is 0 Å². The zero-order valence-electron chi connectivity index (χ0n) is 11.8. The average molecular weight is 378 g/mol. The van der Waals surface area contributed by atoms with Gasteiger partial charge in [0, 0.05) is 37.9 Å². The van der Waals surface area contributed by atoms with E-state index in [9.17, 15) is 4.79 Å². The lowest BCUT2D eigenvalue weighted by atomic mass is 10.0. The fourth-order valence-electron chi connectivity index (χ4n) is 2.61. The number of halogens is 2. The highest BCUT2D eigenvalue weighted by molar-refractivity contribution is 9.10. The molecule has 2 rings (SSSR count). The van der Waals surface area contributed by atoms with Gasteiger partial charge in [0.2, 0.25) is 11.2 Å². The third-order valence-corrected chi connectivity index (χ3v) is 4.24. The maximum atomic E-state index is 11.3. The Morgan fingerprint density at radius 2 is 2.29 bits per heavy atom. The molecule has 1 unspecified atom stereocenters. The molecule has 0 bridgehead atoms. The van der Waals surface area contributed by atoms with Gasteiger partial charge >= 0.3 is 0 Å². The van der Waals surface area contributed by atoms with E-state index in [1.807, 2.05) is 6.92 Å². The molecule has 0 saturated carbocycles. The number of carbonyl (C=O) groups is 1. The normalized spacial score (nSPS) is 17.5. The highest BCUT2D eigenvalue weighted by Gasteiger charge is 2.29. The fraction of sp³-hybridized carbons (Fsp3) is 0.615. The number of nitrogens with two attached hydrogens (primary N) is 1. The lowest BCUT2D eigenvalue weighted by Gasteiger charge is -2.39. The van der Waals surface area contributed by atoms with Crippen LogP contribution in [-0.2, 0) is 9.53 Å². The number of nitrogens with zero attached hydrogens (tertiary/aromatic N) is 3. The zero-order valence-corrected chi connectivity index (χ0v) is 14.1. The van der Waals surface area contributed by atoms with E-state index < -0.39 is 0 Å². The zero-order chi connectivity index (χ0) is 15.4. The largest absolute Gasteiger partial charge is 0.381 e. The molecule has 1 aromatic rings. The van der Waals surface area contributed by atoms with Crippen LogP contribution >= 0.6 is 27.5 Å². The van der Waals surface area contributed by atoms with Gasteiger partial charge in [0.15, 0.2) is 0 Å². The highest BCUT2D eigenvalue weighted by Crippen LogP contribution is 2.31. The van der Waals surface area contributed by atoms with Gasteiger partial charge in [-0.3, -0.25) is 4.79 Å². The van der Waals surface area contributed by atoms with Crippen LogP contribution in [0.1, 0.15) is 26.2 Å². The molecule has 0 aromatic carbocycles. The Hall–Kier alpha value is -0.920. The molecule has 1 atom stereocenters. The molecule has 1 aromatic heterocycles. The summed E-state index contributed by atoms with van der Waals surface area (Å²) < 4.78 is 6.16. The highest BCUT2D eigenvalue weighted by atomic mass is 79.9. The number of carbonyl (C=O) groups excluding carboxylic acids is 1. The van der Waals surface area contributed by atoms with E-state index in [1.165, 1.54) is 0 Å². The Labute approximate surface area is 137 Å². The number of primary amides is 1. The van der Waals surface area contributed by atoms with Crippen molar-refractivity contribution in [2.24, 2.45) is 5.73 Å². The molecule has 8 heteroatoms. The van der Waals surface area contributed by atoms with Crippen molar-refractivity contribution in [2.75, 3.05) is 18.1 Å². The Morgan fingerprint density at radius 1 is 1.62 bits per heavy atom. The Balaban J connectivity index is 2.33. The second-order valence-electron chi connectivity index (χ2n) is 5.08. The number of rotatable bonds is 5. The molecule has 0 spiro atoms. The van der Waals surface area contributed by atoms with Gasteiger partial charge in [0.1, 0.15) is 5.82 Å². The van der Waals surface area contributed by atoms with Crippen LogP contribution in [0.3, 0.4) is 0 Å². The van der Waals surface area contributed by atoms with Crippen molar-refractivity contribution in [1.29, 1.82) is 0 Å². The standard InChI is InChI=1S/C13H18BrClN4O2/c1-8(6-11(16)20)19(9-2-4-21-5-3-9)12-10(14)7-17-13(15)18-12/h7-9H,2-6H2,1H3,(H2,16,20). The lowest BCUT2D eigenvalue weighted by Crippen LogP contribution is -2.47. The maximum absolute atomic E-state index is 11.3. The summed E-state index contributed by atoms with van der Waals surface area (Å²) >= 11 is 9.38. The van der Waals surface area contributed by atoms with Crippen molar-refractivity contribution < 1.29 is 9.53 Å². The first-order chi connectivity index (χ1) is 9.99. The van der Waals surface area contributed by atoms with Crippen LogP contribution in [0.5, 0.6) is 0 Å². The molecule has 116 valence electrons. The van der Waals surface area contributed by atoms with Crippen LogP contribution in [0, 0.1) is 0 Å². The summed E-state index contributed by atoms with van der Waals surface area (Å²) in [7, 11) is 0. The summed E-state index contributed by atoms with van der Waals surface area (Å²) in [5.74, 6) is 0.353. The number of ether oxygens (including phenoxy) is 1. The summed E-state index contributed by atoms with van der Waals surface area (Å²) in [5.41, 5.74) is 5.35. The molecular formula is C13H18BrClN4O2. The predicted molar refractivity (Wildman–Crippen MR) is 84.3 cm³/mol. The van der Waals surface area contributed by atoms with Crippen LogP contribution in [0.4, 0.5) is 5.82 Å². The molecule has 6 nitrogen and oxygen atoms in total. The van der Waals surface area contributed by atoms with Gasteiger partial charge in [0.25, 0.3) is 0 Å². The summed E-state index contributed by atoms with van der Waals surface area (Å²) in [5, 5.41) is 0.177. The molecule has 1 aliphatic rings. The summed E-state index contributed by atoms with van der Waals surface area (Å²) in [6.07, 6.45) is 3.62. The van der Waals surface area contributed by atoms with Crippen molar-refractivity contribution in [3.63, 3.8) is 0 Å². The number of aromatic nitrogens is 2. The van der Waals surface area contributed by atoms with Gasteiger partial charge < -0.3 is 15.4 Å². The monoisotopic (exact) mass is 376 g/mol. The molecule has 2 heterocycles. The second-order valence-corrected chi connectivity index (χ2v) is 6.27. The molecular weight excluding hydrogens is 360 g/mol. The van der Waals surface area contributed by atoms with E-state index in [4.69, 9.17) is 22.1 Å². The van der Waals surface area contributed by atoms with Crippen molar-refractivity contribution in [1.82, 2.24) is 9.97 Å². The summed E-state index contributed by atoms with van der Waals surface area (Å²) in [6.45, 7) is 3.35. The fourth-order valence-corrected chi connectivity index (χ4v) is 3.14. The number of hydrogen-bond donors (Lipinski definition) is 1. The minimum absolute atomic E-state index is 0.0760. The van der Waals surface area contributed by atoms with Crippen molar-refractivity contribution in [3.05, 3.63) is 16.0 Å². The number of hydrogen-bond acceptors (Lipinski definition) is 5. The lowest BCUT2D eigenvalue weighted by molar-refractivity contribution is -0.118.